The van der Waals surface area contributed by atoms with Crippen molar-refractivity contribution in [3.63, 3.8) is 0 Å². The summed E-state index contributed by atoms with van der Waals surface area (Å²) in [4.78, 5) is 15.6. The smallest absolute Gasteiger partial charge is 0.335 e. The Balaban J connectivity index is 1.74. The van der Waals surface area contributed by atoms with Gasteiger partial charge in [-0.25, -0.2) is 9.18 Å². The summed E-state index contributed by atoms with van der Waals surface area (Å²) in [5, 5.41) is 27.5. The third-order valence-electron chi connectivity index (χ3n) is 4.57. The summed E-state index contributed by atoms with van der Waals surface area (Å²) in [5.41, 5.74) is 2.47. The Morgan fingerprint density at radius 3 is 2.55 bits per heavy atom. The Kier molecular flexibility index (Phi) is 6.33. The van der Waals surface area contributed by atoms with Crippen molar-refractivity contribution in [2.75, 3.05) is 0 Å². The van der Waals surface area contributed by atoms with Gasteiger partial charge in [-0.05, 0) is 56.5 Å². The topological polar surface area (TPSA) is 101 Å². The number of hydrogen-bond donors (Lipinski definition) is 2. The minimum atomic E-state index is -0.975. The summed E-state index contributed by atoms with van der Waals surface area (Å²) in [6, 6.07) is 9.29. The van der Waals surface area contributed by atoms with E-state index in [0.29, 0.717) is 48.8 Å². The molecule has 8 heteroatoms. The van der Waals surface area contributed by atoms with Crippen LogP contribution in [0.2, 0.25) is 0 Å². The first kappa shape index (κ1) is 20.6. The van der Waals surface area contributed by atoms with Gasteiger partial charge in [0.2, 0.25) is 0 Å². The number of carbonyl (C=O) groups is 1. The number of hydrogen-bond acceptors (Lipinski definition) is 5. The minimum Gasteiger partial charge on any atom is -0.478 e. The summed E-state index contributed by atoms with van der Waals surface area (Å²) in [6.45, 7) is 3.82. The van der Waals surface area contributed by atoms with Gasteiger partial charge in [0, 0.05) is 17.8 Å². The Bertz CT molecular complexity index is 1000. The van der Waals surface area contributed by atoms with Crippen LogP contribution in [-0.4, -0.2) is 35.9 Å². The van der Waals surface area contributed by atoms with Crippen LogP contribution in [-0.2, 0) is 19.4 Å². The molecule has 0 aliphatic carbocycles. The van der Waals surface area contributed by atoms with Gasteiger partial charge in [-0.1, -0.05) is 12.1 Å². The maximum absolute atomic E-state index is 13.2. The van der Waals surface area contributed by atoms with Gasteiger partial charge >= 0.3 is 5.97 Å². The average Bonchev–Trinajstić information content (AvgIpc) is 3.06. The highest BCUT2D eigenvalue weighted by molar-refractivity contribution is 5.87. The van der Waals surface area contributed by atoms with E-state index < -0.39 is 12.1 Å². The van der Waals surface area contributed by atoms with E-state index in [-0.39, 0.29) is 11.4 Å². The van der Waals surface area contributed by atoms with Crippen LogP contribution < -0.4 is 0 Å². The van der Waals surface area contributed by atoms with Gasteiger partial charge in [0.25, 0.3) is 0 Å². The van der Waals surface area contributed by atoms with Crippen LogP contribution in [0.3, 0.4) is 0 Å². The van der Waals surface area contributed by atoms with E-state index >= 15 is 0 Å². The van der Waals surface area contributed by atoms with E-state index in [1.54, 1.807) is 38.1 Å². The number of carboxylic acid groups (broad SMARTS) is 1. The Hall–Kier alpha value is -3.13. The number of aromatic carboxylic acids is 1. The molecule has 7 nitrogen and oxygen atoms in total. The number of benzene rings is 1. The second kappa shape index (κ2) is 8.91. The number of nitrogens with zero attached hydrogens (tertiary/aromatic N) is 4. The number of rotatable bonds is 8. The molecule has 0 radical (unpaired) electrons. The van der Waals surface area contributed by atoms with Crippen LogP contribution >= 0.6 is 0 Å². The minimum absolute atomic E-state index is 0.225. The van der Waals surface area contributed by atoms with Gasteiger partial charge < -0.3 is 14.8 Å². The molecule has 0 spiro atoms. The molecule has 1 aromatic carbocycles. The molecular weight excluding hydrogens is 375 g/mol. The Morgan fingerprint density at radius 1 is 1.17 bits per heavy atom. The zero-order valence-electron chi connectivity index (χ0n) is 16.3. The van der Waals surface area contributed by atoms with E-state index in [9.17, 15) is 19.4 Å². The molecule has 0 aliphatic rings. The van der Waals surface area contributed by atoms with Crippen molar-refractivity contribution in [2.45, 2.75) is 45.8 Å². The zero-order valence-corrected chi connectivity index (χ0v) is 16.3. The summed E-state index contributed by atoms with van der Waals surface area (Å²) in [5.74, 6) is -0.125. The van der Waals surface area contributed by atoms with Crippen molar-refractivity contribution in [1.82, 2.24) is 19.7 Å². The van der Waals surface area contributed by atoms with E-state index in [1.165, 1.54) is 12.1 Å². The average molecular weight is 398 g/mol. The highest BCUT2D eigenvalue weighted by Gasteiger charge is 2.16. The molecular formula is C21H23FN4O3. The summed E-state index contributed by atoms with van der Waals surface area (Å²) >= 11 is 0. The maximum atomic E-state index is 13.2. The molecule has 0 amide bonds. The fourth-order valence-corrected chi connectivity index (χ4v) is 3.20. The Labute approximate surface area is 167 Å². The number of aliphatic hydroxyl groups is 1. The third kappa shape index (κ3) is 5.23. The SMILES string of the molecule is Cc1cc(C(=O)O)cc(CCCc2nnc(C(C)O)n2Cc2ccc(F)cc2)n1. The van der Waals surface area contributed by atoms with Crippen LogP contribution in [0.1, 0.15) is 58.4 Å². The lowest BCUT2D eigenvalue weighted by Gasteiger charge is -2.12. The monoisotopic (exact) mass is 398 g/mol. The fourth-order valence-electron chi connectivity index (χ4n) is 3.20. The number of aryl methyl sites for hydroxylation is 3. The number of carboxylic acids is 1. The summed E-state index contributed by atoms with van der Waals surface area (Å²) in [6.07, 6.45) is 1.08. The lowest BCUT2D eigenvalue weighted by molar-refractivity contribution is 0.0696. The molecule has 2 N–H and O–H groups in total. The molecule has 2 heterocycles. The Morgan fingerprint density at radius 2 is 1.90 bits per heavy atom. The molecule has 29 heavy (non-hydrogen) atoms. The van der Waals surface area contributed by atoms with Gasteiger partial charge in [-0.3, -0.25) is 4.98 Å². The van der Waals surface area contributed by atoms with E-state index in [0.717, 1.165) is 5.56 Å². The molecule has 0 saturated heterocycles. The highest BCUT2D eigenvalue weighted by Crippen LogP contribution is 2.17. The van der Waals surface area contributed by atoms with Crippen molar-refractivity contribution in [3.05, 3.63) is 76.4 Å². The molecule has 2 aromatic heterocycles. The number of aromatic nitrogens is 4. The van der Waals surface area contributed by atoms with Crippen molar-refractivity contribution in [2.24, 2.45) is 0 Å². The molecule has 0 saturated carbocycles. The first-order valence-electron chi connectivity index (χ1n) is 9.39. The first-order chi connectivity index (χ1) is 13.8. The fraction of sp³-hybridized carbons (Fsp3) is 0.333. The zero-order chi connectivity index (χ0) is 21.0. The van der Waals surface area contributed by atoms with Crippen molar-refractivity contribution in [3.8, 4) is 0 Å². The van der Waals surface area contributed by atoms with E-state index in [1.807, 2.05) is 4.57 Å². The standard InChI is InChI=1S/C21H23FN4O3/c1-13-10-16(21(28)29)11-18(23-13)4-3-5-19-24-25-20(14(2)27)26(19)12-15-6-8-17(22)9-7-15/h6-11,14,27H,3-5,12H2,1-2H3,(H,28,29). The lowest BCUT2D eigenvalue weighted by Crippen LogP contribution is -2.12. The lowest BCUT2D eigenvalue weighted by atomic mass is 10.1. The van der Waals surface area contributed by atoms with Crippen LogP contribution in [0.15, 0.2) is 36.4 Å². The molecule has 152 valence electrons. The number of halogens is 1. The van der Waals surface area contributed by atoms with Gasteiger partial charge in [-0.2, -0.15) is 0 Å². The van der Waals surface area contributed by atoms with Gasteiger partial charge in [-0.15, -0.1) is 10.2 Å². The molecule has 3 rings (SSSR count). The molecule has 0 fully saturated rings. The second-order valence-electron chi connectivity index (χ2n) is 7.01. The van der Waals surface area contributed by atoms with Crippen molar-refractivity contribution < 1.29 is 19.4 Å². The molecule has 0 bridgehead atoms. The molecule has 1 atom stereocenters. The maximum Gasteiger partial charge on any atom is 0.335 e. The van der Waals surface area contributed by atoms with Crippen molar-refractivity contribution in [1.29, 1.82) is 0 Å². The van der Waals surface area contributed by atoms with E-state index in [2.05, 4.69) is 15.2 Å². The van der Waals surface area contributed by atoms with Crippen LogP contribution in [0.25, 0.3) is 0 Å². The predicted octanol–water partition coefficient (Wildman–Crippen LogP) is 3.10. The number of aliphatic hydroxyl groups excluding tert-OH is 1. The normalized spacial score (nSPS) is 12.1. The second-order valence-corrected chi connectivity index (χ2v) is 7.01. The van der Waals surface area contributed by atoms with Gasteiger partial charge in [0.15, 0.2) is 5.82 Å². The summed E-state index contributed by atoms with van der Waals surface area (Å²) in [7, 11) is 0. The van der Waals surface area contributed by atoms with Crippen molar-refractivity contribution >= 4 is 5.97 Å². The molecule has 3 aromatic rings. The molecule has 0 aliphatic heterocycles. The van der Waals surface area contributed by atoms with Gasteiger partial charge in [0.1, 0.15) is 17.7 Å². The van der Waals surface area contributed by atoms with Crippen LogP contribution in [0, 0.1) is 12.7 Å². The number of pyridine rings is 1. The summed E-state index contributed by atoms with van der Waals surface area (Å²) < 4.78 is 15.0. The van der Waals surface area contributed by atoms with E-state index in [4.69, 9.17) is 0 Å². The van der Waals surface area contributed by atoms with Crippen LogP contribution in [0.5, 0.6) is 0 Å². The quantitative estimate of drug-likeness (QED) is 0.605. The largest absolute Gasteiger partial charge is 0.478 e. The third-order valence-corrected chi connectivity index (χ3v) is 4.57. The molecule has 1 unspecified atom stereocenters. The predicted molar refractivity (Wildman–Crippen MR) is 104 cm³/mol. The highest BCUT2D eigenvalue weighted by atomic mass is 19.1. The first-order valence-corrected chi connectivity index (χ1v) is 9.39. The van der Waals surface area contributed by atoms with Gasteiger partial charge in [0.05, 0.1) is 12.1 Å². The van der Waals surface area contributed by atoms with Crippen LogP contribution in [0.4, 0.5) is 4.39 Å².